The molecule has 1 saturated carbocycles. The van der Waals surface area contributed by atoms with Crippen molar-refractivity contribution in [3.05, 3.63) is 75.8 Å². The first kappa shape index (κ1) is 39.8. The fourth-order valence-electron chi connectivity index (χ4n) is 8.70. The zero-order valence-electron chi connectivity index (χ0n) is 31.7. The number of likely N-dealkylation sites (tertiary alicyclic amines) is 2. The highest BCUT2D eigenvalue weighted by molar-refractivity contribution is 6.42. The number of benzene rings is 2. The molecule has 2 aromatic rings. The first-order valence-corrected chi connectivity index (χ1v) is 20.2. The summed E-state index contributed by atoms with van der Waals surface area (Å²) in [6.07, 6.45) is 9.80. The van der Waals surface area contributed by atoms with Gasteiger partial charge in [-0.2, -0.15) is 5.26 Å². The lowest BCUT2D eigenvalue weighted by Crippen LogP contribution is -2.54. The predicted octanol–water partition coefficient (Wildman–Crippen LogP) is 4.56. The maximum Gasteiger partial charge on any atom is 0.269 e. The lowest BCUT2D eigenvalue weighted by Gasteiger charge is -2.38. The summed E-state index contributed by atoms with van der Waals surface area (Å²) in [5.41, 5.74) is 1.86. The van der Waals surface area contributed by atoms with E-state index in [4.69, 9.17) is 32.4 Å². The molecule has 1 atom stereocenters. The zero-order valence-corrected chi connectivity index (χ0v) is 32.5. The molecule has 0 radical (unpaired) electrons. The van der Waals surface area contributed by atoms with Gasteiger partial charge in [-0.15, -0.1) is 0 Å². The number of fused-ring (bicyclic) bond motifs is 1. The molecule has 15 heteroatoms. The van der Waals surface area contributed by atoms with Crippen molar-refractivity contribution in [2.24, 2.45) is 5.92 Å². The molecule has 1 unspecified atom stereocenters. The summed E-state index contributed by atoms with van der Waals surface area (Å²) in [7, 11) is 0. The van der Waals surface area contributed by atoms with Crippen LogP contribution in [0.3, 0.4) is 0 Å². The van der Waals surface area contributed by atoms with E-state index in [0.29, 0.717) is 39.2 Å². The molecule has 4 fully saturated rings. The summed E-state index contributed by atoms with van der Waals surface area (Å²) >= 11 is 6.12. The molecular weight excluding hydrogens is 748 g/mol. The second-order valence-electron chi connectivity index (χ2n) is 15.7. The summed E-state index contributed by atoms with van der Waals surface area (Å²) in [6.45, 7) is 4.29. The second-order valence-corrected chi connectivity index (χ2v) is 16.1. The van der Waals surface area contributed by atoms with Gasteiger partial charge in [-0.3, -0.25) is 45.0 Å². The van der Waals surface area contributed by atoms with Crippen LogP contribution in [0.4, 0.5) is 0 Å². The molecular formula is C42H47ClN8O6. The van der Waals surface area contributed by atoms with E-state index in [9.17, 15) is 24.0 Å². The Morgan fingerprint density at radius 3 is 2.30 bits per heavy atom. The number of hydrogen-bond acceptors (Lipinski definition) is 10. The Balaban J connectivity index is 0.798. The minimum Gasteiger partial charge on any atom is -0.490 e. The van der Waals surface area contributed by atoms with Crippen molar-refractivity contribution in [1.82, 2.24) is 25.3 Å². The number of carbonyl (C=O) groups excluding carboxylic acids is 5. The Labute approximate surface area is 336 Å². The third-order valence-corrected chi connectivity index (χ3v) is 12.3. The van der Waals surface area contributed by atoms with Gasteiger partial charge in [-0.1, -0.05) is 17.7 Å². The molecule has 2 aromatic carbocycles. The van der Waals surface area contributed by atoms with Gasteiger partial charge in [0.05, 0.1) is 27.8 Å². The van der Waals surface area contributed by atoms with Crippen LogP contribution in [0.25, 0.3) is 0 Å². The first-order valence-electron chi connectivity index (χ1n) is 19.8. The van der Waals surface area contributed by atoms with Crippen LogP contribution in [0.1, 0.15) is 102 Å². The van der Waals surface area contributed by atoms with Gasteiger partial charge in [-0.25, -0.2) is 0 Å². The molecule has 14 nitrogen and oxygen atoms in total. The quantitative estimate of drug-likeness (QED) is 0.151. The second kappa shape index (κ2) is 17.4. The SMILES string of the molecule is N#Cc1ccc(OC2CCC(NC(=O)C(=N)/C=C\C(=N)N3CCC(CN4CCC(c5ccc6c(c5)C(=O)N(C5CCC(=O)NC5=O)C6=O)CC4)CC3)CC2)cc1Cl. The molecule has 5 amide bonds. The third kappa shape index (κ3) is 9.10. The van der Waals surface area contributed by atoms with Crippen LogP contribution in [0, 0.1) is 28.1 Å². The van der Waals surface area contributed by atoms with Gasteiger partial charge in [0.25, 0.3) is 17.7 Å². The van der Waals surface area contributed by atoms with E-state index in [1.165, 1.54) is 12.2 Å². The van der Waals surface area contributed by atoms with E-state index in [0.717, 1.165) is 94.6 Å². The average molecular weight is 795 g/mol. The Morgan fingerprint density at radius 2 is 1.61 bits per heavy atom. The van der Waals surface area contributed by atoms with Gasteiger partial charge in [-0.05, 0) is 125 Å². The van der Waals surface area contributed by atoms with Crippen molar-refractivity contribution >= 4 is 52.7 Å². The van der Waals surface area contributed by atoms with Crippen LogP contribution < -0.4 is 15.4 Å². The number of amidine groups is 1. The number of hydrogen-bond donors (Lipinski definition) is 4. The number of halogens is 1. The highest BCUT2D eigenvalue weighted by Gasteiger charge is 2.45. The molecule has 4 N–H and O–H groups in total. The Hall–Kier alpha value is -5.39. The van der Waals surface area contributed by atoms with E-state index in [1.54, 1.807) is 24.3 Å². The number of ether oxygens (including phenoxy) is 1. The normalized spacial score (nSPS) is 23.6. The van der Waals surface area contributed by atoms with Crippen molar-refractivity contribution in [2.75, 3.05) is 32.7 Å². The summed E-state index contributed by atoms with van der Waals surface area (Å²) in [4.78, 5) is 68.7. The average Bonchev–Trinajstić information content (AvgIpc) is 3.46. The standard InChI is InChI=1S/C42H47ClN8O6/c43-34-22-31(5-1-28(34)23-44)57-30-6-3-29(4-7-30)47-39(53)35(45)9-11-37(46)50-19-13-25(14-20-50)24-49-17-15-26(16-18-49)27-2-8-32-33(21-27)42(56)51(41(32)55)36-10-12-38(52)48-40(36)54/h1-2,5,8-9,11,21-22,25-26,29-30,36,45-46H,3-4,6-7,10,12-20,24H2,(H,47,53)(H,48,52,54)/b11-9-,45-35?,46-37?. The zero-order chi connectivity index (χ0) is 40.2. The topological polar surface area (TPSA) is 200 Å². The number of piperidine rings is 3. The molecule has 1 aliphatic carbocycles. The number of nitrogens with zero attached hydrogens (tertiary/aromatic N) is 4. The molecule has 4 aliphatic heterocycles. The van der Waals surface area contributed by atoms with E-state index >= 15 is 0 Å². The maximum absolute atomic E-state index is 13.3. The van der Waals surface area contributed by atoms with Crippen molar-refractivity contribution < 1.29 is 28.7 Å². The van der Waals surface area contributed by atoms with Gasteiger partial charge in [0.15, 0.2) is 0 Å². The van der Waals surface area contributed by atoms with Crippen molar-refractivity contribution in [3.8, 4) is 11.8 Å². The Kier molecular flexibility index (Phi) is 12.2. The van der Waals surface area contributed by atoms with E-state index in [2.05, 4.69) is 15.5 Å². The predicted molar refractivity (Wildman–Crippen MR) is 211 cm³/mol. The van der Waals surface area contributed by atoms with Gasteiger partial charge in [0.1, 0.15) is 29.4 Å². The van der Waals surface area contributed by atoms with E-state index < -0.39 is 35.6 Å². The van der Waals surface area contributed by atoms with Gasteiger partial charge < -0.3 is 19.9 Å². The lowest BCUT2D eigenvalue weighted by molar-refractivity contribution is -0.136. The number of nitrogens with one attached hydrogen (secondary N) is 4. The molecule has 7 rings (SSSR count). The third-order valence-electron chi connectivity index (χ3n) is 12.0. The number of nitriles is 1. The van der Waals surface area contributed by atoms with Crippen molar-refractivity contribution in [1.29, 1.82) is 16.1 Å². The smallest absolute Gasteiger partial charge is 0.269 e. The summed E-state index contributed by atoms with van der Waals surface area (Å²) in [5.74, 6) is -0.772. The van der Waals surface area contributed by atoms with Crippen LogP contribution in [-0.2, 0) is 14.4 Å². The van der Waals surface area contributed by atoms with Gasteiger partial charge in [0, 0.05) is 38.2 Å². The molecule has 5 aliphatic rings. The Bertz CT molecular complexity index is 2040. The van der Waals surface area contributed by atoms with Crippen LogP contribution in [0.2, 0.25) is 5.02 Å². The fraction of sp³-hybridized carbons (Fsp3) is 0.476. The molecule has 0 bridgehead atoms. The van der Waals surface area contributed by atoms with Crippen molar-refractivity contribution in [3.63, 3.8) is 0 Å². The molecule has 0 spiro atoms. The number of rotatable bonds is 10. The lowest BCUT2D eigenvalue weighted by atomic mass is 9.87. The summed E-state index contributed by atoms with van der Waals surface area (Å²) in [6, 6.07) is 11.5. The first-order chi connectivity index (χ1) is 27.5. The van der Waals surface area contributed by atoms with Crippen LogP contribution in [0.15, 0.2) is 48.6 Å². The Morgan fingerprint density at radius 1 is 0.895 bits per heavy atom. The molecule has 57 heavy (non-hydrogen) atoms. The molecule has 298 valence electrons. The van der Waals surface area contributed by atoms with E-state index in [-0.39, 0.29) is 36.6 Å². The molecule has 0 aromatic heterocycles. The monoisotopic (exact) mass is 794 g/mol. The molecule has 4 heterocycles. The molecule has 3 saturated heterocycles. The largest absolute Gasteiger partial charge is 0.490 e. The van der Waals surface area contributed by atoms with Gasteiger partial charge >= 0.3 is 0 Å². The minimum absolute atomic E-state index is 0.0208. The fourth-order valence-corrected chi connectivity index (χ4v) is 8.91. The highest BCUT2D eigenvalue weighted by Crippen LogP contribution is 2.34. The van der Waals surface area contributed by atoms with Crippen LogP contribution in [-0.4, -0.2) is 107 Å². The summed E-state index contributed by atoms with van der Waals surface area (Å²) in [5, 5.41) is 31.5. The van der Waals surface area contributed by atoms with Crippen LogP contribution >= 0.6 is 11.6 Å². The van der Waals surface area contributed by atoms with Gasteiger partial charge in [0.2, 0.25) is 11.8 Å². The number of carbonyl (C=O) groups is 5. The van der Waals surface area contributed by atoms with Crippen molar-refractivity contribution in [2.45, 2.75) is 88.3 Å². The minimum atomic E-state index is -0.975. The number of amides is 5. The number of imide groups is 2. The van der Waals surface area contributed by atoms with Crippen LogP contribution in [0.5, 0.6) is 5.75 Å². The highest BCUT2D eigenvalue weighted by atomic mass is 35.5. The maximum atomic E-state index is 13.3. The van der Waals surface area contributed by atoms with E-state index in [1.807, 2.05) is 23.1 Å². The summed E-state index contributed by atoms with van der Waals surface area (Å²) < 4.78 is 6.04.